The van der Waals surface area contributed by atoms with Crippen LogP contribution in [0, 0.1) is 0 Å². The summed E-state index contributed by atoms with van der Waals surface area (Å²) in [7, 11) is 0. The minimum Gasteiger partial charge on any atom is -0.347 e. The van der Waals surface area contributed by atoms with Crippen molar-refractivity contribution in [2.75, 3.05) is 0 Å². The van der Waals surface area contributed by atoms with Crippen LogP contribution in [0.3, 0.4) is 0 Å². The average molecular weight is 427 g/mol. The Kier molecular flexibility index (Phi) is 5.62. The highest BCUT2D eigenvalue weighted by atomic mass is 35.5. The van der Waals surface area contributed by atoms with E-state index in [1.54, 1.807) is 41.7 Å². The number of fused-ring (bicyclic) bond motifs is 1. The van der Waals surface area contributed by atoms with E-state index < -0.39 is 0 Å². The SMILES string of the molecule is O=C(NCc1cccs1)C1=CC2=NC(=O)/C(=C\c3cccc(Cl)c3)SC2C=C1. The first-order valence-electron chi connectivity index (χ1n) is 8.56. The number of thiophene rings is 1. The van der Waals surface area contributed by atoms with Crippen molar-refractivity contribution in [2.24, 2.45) is 4.99 Å². The molecule has 1 aliphatic carbocycles. The van der Waals surface area contributed by atoms with Crippen LogP contribution in [0.2, 0.25) is 5.02 Å². The number of thioether (sulfide) groups is 1. The van der Waals surface area contributed by atoms with Crippen molar-refractivity contribution in [3.05, 3.63) is 85.9 Å². The molecular weight excluding hydrogens is 412 g/mol. The summed E-state index contributed by atoms with van der Waals surface area (Å²) in [6, 6.07) is 11.2. The Labute approximate surface area is 175 Å². The van der Waals surface area contributed by atoms with E-state index in [9.17, 15) is 9.59 Å². The standard InChI is InChI=1S/C21H15ClN2O2S2/c22-15-4-1-3-13(9-15)10-19-21(26)24-17-11-14(6-7-18(17)28-19)20(25)23-12-16-5-2-8-27-16/h1-11,18H,12H2,(H,23,25)/b19-10+. The van der Waals surface area contributed by atoms with Crippen molar-refractivity contribution in [3.63, 3.8) is 0 Å². The quantitative estimate of drug-likeness (QED) is 0.724. The van der Waals surface area contributed by atoms with Gasteiger partial charge >= 0.3 is 0 Å². The molecule has 1 unspecified atom stereocenters. The fraction of sp³-hybridized carbons (Fsp3) is 0.0952. The summed E-state index contributed by atoms with van der Waals surface area (Å²) < 4.78 is 0. The number of nitrogens with one attached hydrogen (secondary N) is 1. The van der Waals surface area contributed by atoms with Gasteiger partial charge in [0, 0.05) is 15.5 Å². The molecule has 140 valence electrons. The van der Waals surface area contributed by atoms with E-state index in [-0.39, 0.29) is 17.1 Å². The molecule has 7 heteroatoms. The largest absolute Gasteiger partial charge is 0.347 e. The number of allylic oxidation sites excluding steroid dienone is 1. The summed E-state index contributed by atoms with van der Waals surface area (Å²) in [4.78, 5) is 30.7. The summed E-state index contributed by atoms with van der Waals surface area (Å²) in [5, 5.41) is 5.39. The van der Waals surface area contributed by atoms with Gasteiger partial charge in [0.2, 0.25) is 0 Å². The Morgan fingerprint density at radius 2 is 2.18 bits per heavy atom. The van der Waals surface area contributed by atoms with Gasteiger partial charge in [-0.05, 0) is 41.3 Å². The van der Waals surface area contributed by atoms with E-state index in [1.165, 1.54) is 11.8 Å². The van der Waals surface area contributed by atoms with Crippen LogP contribution in [0.25, 0.3) is 6.08 Å². The van der Waals surface area contributed by atoms with Gasteiger partial charge in [-0.15, -0.1) is 23.1 Å². The lowest BCUT2D eigenvalue weighted by Gasteiger charge is -2.22. The van der Waals surface area contributed by atoms with Gasteiger partial charge in [-0.3, -0.25) is 9.59 Å². The zero-order valence-electron chi connectivity index (χ0n) is 14.6. The molecule has 2 aliphatic rings. The van der Waals surface area contributed by atoms with Crippen LogP contribution >= 0.6 is 34.7 Å². The zero-order valence-corrected chi connectivity index (χ0v) is 17.0. The molecule has 0 bridgehead atoms. The van der Waals surface area contributed by atoms with Crippen molar-refractivity contribution in [1.82, 2.24) is 5.32 Å². The van der Waals surface area contributed by atoms with Crippen LogP contribution < -0.4 is 5.32 Å². The number of hydrogen-bond acceptors (Lipinski definition) is 4. The normalized spacial score (nSPS) is 19.8. The van der Waals surface area contributed by atoms with Crippen molar-refractivity contribution >= 4 is 58.3 Å². The molecule has 1 aromatic carbocycles. The van der Waals surface area contributed by atoms with Crippen LogP contribution in [-0.4, -0.2) is 22.8 Å². The molecule has 0 spiro atoms. The van der Waals surface area contributed by atoms with Crippen LogP contribution in [0.5, 0.6) is 0 Å². The van der Waals surface area contributed by atoms with E-state index in [1.807, 2.05) is 35.7 Å². The topological polar surface area (TPSA) is 58.5 Å². The van der Waals surface area contributed by atoms with Crippen LogP contribution in [0.4, 0.5) is 0 Å². The maximum absolute atomic E-state index is 12.4. The predicted molar refractivity (Wildman–Crippen MR) is 117 cm³/mol. The lowest BCUT2D eigenvalue weighted by atomic mass is 10.0. The van der Waals surface area contributed by atoms with E-state index >= 15 is 0 Å². The minimum atomic E-state index is -0.305. The molecule has 2 amide bonds. The van der Waals surface area contributed by atoms with Gasteiger partial charge < -0.3 is 5.32 Å². The number of aliphatic imine (C=N–C) groups is 1. The molecule has 2 aromatic rings. The van der Waals surface area contributed by atoms with Crippen molar-refractivity contribution in [1.29, 1.82) is 0 Å². The number of rotatable bonds is 4. The van der Waals surface area contributed by atoms with Gasteiger partial charge in [0.15, 0.2) is 0 Å². The average Bonchev–Trinajstić information content (AvgIpc) is 3.20. The number of amides is 2. The number of hydrogen-bond donors (Lipinski definition) is 1. The Morgan fingerprint density at radius 1 is 1.29 bits per heavy atom. The van der Waals surface area contributed by atoms with Gasteiger partial charge in [0.05, 0.1) is 22.4 Å². The third kappa shape index (κ3) is 4.35. The first-order chi connectivity index (χ1) is 13.6. The Morgan fingerprint density at radius 3 is 2.96 bits per heavy atom. The van der Waals surface area contributed by atoms with Crippen LogP contribution in [0.15, 0.2) is 75.5 Å². The third-order valence-electron chi connectivity index (χ3n) is 4.15. The molecule has 0 saturated heterocycles. The van der Waals surface area contributed by atoms with Crippen LogP contribution in [0.1, 0.15) is 10.4 Å². The third-order valence-corrected chi connectivity index (χ3v) is 6.46. The van der Waals surface area contributed by atoms with E-state index in [4.69, 9.17) is 11.6 Å². The summed E-state index contributed by atoms with van der Waals surface area (Å²) in [5.74, 6) is -0.482. The Balaban J connectivity index is 1.49. The highest BCUT2D eigenvalue weighted by molar-refractivity contribution is 8.05. The van der Waals surface area contributed by atoms with Gasteiger partial charge in [-0.25, -0.2) is 4.99 Å². The lowest BCUT2D eigenvalue weighted by molar-refractivity contribution is -0.117. The maximum atomic E-state index is 12.4. The smallest absolute Gasteiger partial charge is 0.283 e. The first-order valence-corrected chi connectivity index (χ1v) is 10.7. The highest BCUT2D eigenvalue weighted by Gasteiger charge is 2.28. The molecule has 1 aromatic heterocycles. The van der Waals surface area contributed by atoms with Crippen molar-refractivity contribution in [2.45, 2.75) is 11.8 Å². The zero-order chi connectivity index (χ0) is 19.5. The second-order valence-electron chi connectivity index (χ2n) is 6.16. The number of benzene rings is 1. The molecule has 1 atom stereocenters. The molecule has 1 N–H and O–H groups in total. The first kappa shape index (κ1) is 18.9. The molecule has 1 aliphatic heterocycles. The molecule has 0 fully saturated rings. The van der Waals surface area contributed by atoms with Gasteiger partial charge in [-0.2, -0.15) is 0 Å². The monoisotopic (exact) mass is 426 g/mol. The molecule has 28 heavy (non-hydrogen) atoms. The van der Waals surface area contributed by atoms with E-state index in [0.29, 0.717) is 27.8 Å². The molecule has 4 rings (SSSR count). The number of nitrogens with zero attached hydrogens (tertiary/aromatic N) is 1. The molecule has 0 radical (unpaired) electrons. The van der Waals surface area contributed by atoms with Gasteiger partial charge in [0.1, 0.15) is 0 Å². The number of halogens is 1. The molecular formula is C21H15ClN2O2S2. The summed E-state index contributed by atoms with van der Waals surface area (Å²) in [6.07, 6.45) is 7.17. The number of carbonyl (C=O) groups is 2. The molecule has 4 nitrogen and oxygen atoms in total. The summed E-state index contributed by atoms with van der Waals surface area (Å²) in [6.45, 7) is 0.484. The van der Waals surface area contributed by atoms with Crippen LogP contribution in [-0.2, 0) is 16.1 Å². The van der Waals surface area contributed by atoms with Gasteiger partial charge in [-0.1, -0.05) is 42.0 Å². The Hall–Kier alpha value is -2.41. The number of carbonyl (C=O) groups excluding carboxylic acids is 2. The predicted octanol–water partition coefficient (Wildman–Crippen LogP) is 4.64. The maximum Gasteiger partial charge on any atom is 0.283 e. The summed E-state index contributed by atoms with van der Waals surface area (Å²) in [5.41, 5.74) is 1.95. The second-order valence-corrected chi connectivity index (χ2v) is 8.82. The highest BCUT2D eigenvalue weighted by Crippen LogP contribution is 2.34. The Bertz CT molecular complexity index is 1050. The van der Waals surface area contributed by atoms with Crippen molar-refractivity contribution < 1.29 is 9.59 Å². The molecule has 2 heterocycles. The van der Waals surface area contributed by atoms with Gasteiger partial charge in [0.25, 0.3) is 11.8 Å². The fourth-order valence-electron chi connectivity index (χ4n) is 2.80. The second kappa shape index (κ2) is 8.31. The van der Waals surface area contributed by atoms with E-state index in [0.717, 1.165) is 10.4 Å². The fourth-order valence-corrected chi connectivity index (χ4v) is 4.67. The lowest BCUT2D eigenvalue weighted by Crippen LogP contribution is -2.29. The van der Waals surface area contributed by atoms with E-state index in [2.05, 4.69) is 10.3 Å². The minimum absolute atomic E-state index is 0.0861. The molecule has 0 saturated carbocycles. The van der Waals surface area contributed by atoms with Crippen molar-refractivity contribution in [3.8, 4) is 0 Å². The summed E-state index contributed by atoms with van der Waals surface area (Å²) >= 11 is 9.03.